The lowest BCUT2D eigenvalue weighted by Gasteiger charge is -2.25. The second-order valence-corrected chi connectivity index (χ2v) is 26.7. The number of hydrogen-bond donors (Lipinski definition) is 3. The number of nitrogens with one attached hydrogen (secondary N) is 1. The molecular formula is C71H138N2O6P+. The van der Waals surface area contributed by atoms with Gasteiger partial charge in [0.2, 0.25) is 5.91 Å². The van der Waals surface area contributed by atoms with Crippen molar-refractivity contribution in [1.82, 2.24) is 5.32 Å². The summed E-state index contributed by atoms with van der Waals surface area (Å²) in [5.74, 6) is -0.180. The Balaban J connectivity index is 4.03. The standard InChI is InChI=1S/C71H137N2O6P/c1-6-8-10-12-14-16-18-20-22-24-26-28-30-31-32-33-34-35-36-37-38-39-40-41-43-45-47-49-51-53-55-57-59-61-63-65-71(75)72-69(68-79-80(76,77)78-67-66-73(3,4)5)70(74)64-62-60-58-56-54-52-50-48-46-44-42-29-27-25-23-21-19-17-15-13-11-9-7-2/h18,20,24,26,54,56,62,64,69-70,74H,6-17,19,21-23,25,27-53,55,57-61,63,65-68H2,1-5H3,(H-,72,75,76,77)/p+1/b20-18-,26-24-,56-54+,64-62+. The van der Waals surface area contributed by atoms with Crippen LogP contribution in [0.3, 0.4) is 0 Å². The van der Waals surface area contributed by atoms with Crippen LogP contribution in [-0.4, -0.2) is 73.4 Å². The first-order valence-electron chi connectivity index (χ1n) is 35.0. The average Bonchev–Trinajstić information content (AvgIpc) is 3.42. The minimum atomic E-state index is -4.36. The molecule has 3 unspecified atom stereocenters. The van der Waals surface area contributed by atoms with Crippen LogP contribution in [0.2, 0.25) is 0 Å². The van der Waals surface area contributed by atoms with Crippen molar-refractivity contribution in [3.63, 3.8) is 0 Å². The van der Waals surface area contributed by atoms with E-state index in [1.54, 1.807) is 6.08 Å². The van der Waals surface area contributed by atoms with Crippen LogP contribution < -0.4 is 5.32 Å². The predicted octanol–water partition coefficient (Wildman–Crippen LogP) is 22.2. The average molecular weight is 1150 g/mol. The maximum Gasteiger partial charge on any atom is 0.472 e. The third-order valence-corrected chi connectivity index (χ3v) is 17.0. The molecule has 1 amide bonds. The summed E-state index contributed by atoms with van der Waals surface area (Å²) in [7, 11) is 1.57. The van der Waals surface area contributed by atoms with Crippen LogP contribution in [0.4, 0.5) is 0 Å². The van der Waals surface area contributed by atoms with Crippen molar-refractivity contribution in [3.8, 4) is 0 Å². The van der Waals surface area contributed by atoms with Crippen LogP contribution in [0, 0.1) is 0 Å². The number of nitrogens with zero attached hydrogens (tertiary/aromatic N) is 1. The summed E-state index contributed by atoms with van der Waals surface area (Å²) in [4.78, 5) is 23.4. The molecule has 0 aliphatic carbocycles. The molecule has 0 aromatic carbocycles. The smallest absolute Gasteiger partial charge is 0.387 e. The van der Waals surface area contributed by atoms with Crippen molar-refractivity contribution < 1.29 is 32.9 Å². The summed E-state index contributed by atoms with van der Waals surface area (Å²) in [6.45, 7) is 4.83. The van der Waals surface area contributed by atoms with Gasteiger partial charge < -0.3 is 19.8 Å². The molecule has 0 rings (SSSR count). The first-order valence-corrected chi connectivity index (χ1v) is 36.5. The Morgan fingerprint density at radius 3 is 1.07 bits per heavy atom. The van der Waals surface area contributed by atoms with E-state index in [9.17, 15) is 19.4 Å². The minimum absolute atomic E-state index is 0.0575. The van der Waals surface area contributed by atoms with E-state index in [0.29, 0.717) is 17.4 Å². The van der Waals surface area contributed by atoms with Gasteiger partial charge in [-0.2, -0.15) is 0 Å². The number of amides is 1. The fraction of sp³-hybridized carbons (Fsp3) is 0.873. The van der Waals surface area contributed by atoms with Gasteiger partial charge in [-0.25, -0.2) is 4.57 Å². The highest BCUT2D eigenvalue weighted by Gasteiger charge is 2.28. The topological polar surface area (TPSA) is 105 Å². The molecule has 0 radical (unpaired) electrons. The number of quaternary nitrogens is 1. The molecule has 0 aromatic heterocycles. The van der Waals surface area contributed by atoms with Crippen LogP contribution >= 0.6 is 7.82 Å². The highest BCUT2D eigenvalue weighted by Crippen LogP contribution is 2.43. The molecule has 0 bridgehead atoms. The zero-order valence-corrected chi connectivity index (χ0v) is 55.0. The van der Waals surface area contributed by atoms with Gasteiger partial charge in [0.05, 0.1) is 39.9 Å². The van der Waals surface area contributed by atoms with E-state index in [0.717, 1.165) is 44.9 Å². The lowest BCUT2D eigenvalue weighted by atomic mass is 10.0. The molecule has 0 saturated carbocycles. The first kappa shape index (κ1) is 78.5. The van der Waals surface area contributed by atoms with Gasteiger partial charge >= 0.3 is 7.82 Å². The fourth-order valence-electron chi connectivity index (χ4n) is 10.6. The molecular weight excluding hydrogens is 1010 g/mol. The van der Waals surface area contributed by atoms with Crippen molar-refractivity contribution in [2.45, 2.75) is 360 Å². The first-order chi connectivity index (χ1) is 39.0. The number of hydrogen-bond acceptors (Lipinski definition) is 5. The van der Waals surface area contributed by atoms with Gasteiger partial charge in [-0.3, -0.25) is 13.8 Å². The van der Waals surface area contributed by atoms with Crippen molar-refractivity contribution in [2.75, 3.05) is 40.9 Å². The van der Waals surface area contributed by atoms with Gasteiger partial charge in [0.15, 0.2) is 0 Å². The number of aliphatic hydroxyl groups is 1. The number of phosphoric ester groups is 1. The normalized spacial score (nSPS) is 13.9. The molecule has 472 valence electrons. The molecule has 0 saturated heterocycles. The predicted molar refractivity (Wildman–Crippen MR) is 351 cm³/mol. The number of carbonyl (C=O) groups is 1. The van der Waals surface area contributed by atoms with E-state index in [4.69, 9.17) is 9.05 Å². The van der Waals surface area contributed by atoms with Gasteiger partial charge in [-0.05, 0) is 64.2 Å². The number of allylic oxidation sites excluding steroid dienone is 7. The molecule has 0 spiro atoms. The number of likely N-dealkylation sites (N-methyl/N-ethyl adjacent to an activating group) is 1. The van der Waals surface area contributed by atoms with E-state index in [1.165, 1.54) is 283 Å². The lowest BCUT2D eigenvalue weighted by Crippen LogP contribution is -2.45. The molecule has 0 aliphatic rings. The molecule has 9 heteroatoms. The van der Waals surface area contributed by atoms with Crippen molar-refractivity contribution >= 4 is 13.7 Å². The summed E-state index contributed by atoms with van der Waals surface area (Å²) < 4.78 is 23.8. The van der Waals surface area contributed by atoms with E-state index >= 15 is 0 Å². The zero-order valence-electron chi connectivity index (χ0n) is 54.1. The van der Waals surface area contributed by atoms with Crippen molar-refractivity contribution in [1.29, 1.82) is 0 Å². The quantitative estimate of drug-likeness (QED) is 0.0243. The third kappa shape index (κ3) is 64.0. The van der Waals surface area contributed by atoms with Crippen LogP contribution in [0.5, 0.6) is 0 Å². The van der Waals surface area contributed by atoms with Gasteiger partial charge in [-0.1, -0.05) is 326 Å². The van der Waals surface area contributed by atoms with E-state index in [2.05, 4.69) is 55.6 Å². The number of carbonyl (C=O) groups excluding carboxylic acids is 1. The maximum absolute atomic E-state index is 13.0. The number of unbranched alkanes of at least 4 members (excludes halogenated alkanes) is 46. The highest BCUT2D eigenvalue weighted by atomic mass is 31.2. The number of aliphatic hydroxyl groups excluding tert-OH is 1. The Hall–Kier alpha value is -1.54. The SMILES string of the molecule is CCCCCCC/C=C\C/C=C\CCCCCCCCCCCCCCCCCCCCCCCCCC(=O)NC(COP(=O)(O)OCC[N+](C)(C)C)C(O)/C=C/CC/C=C/CCCCCCCCCCCCCCCCCCC. The van der Waals surface area contributed by atoms with Crippen LogP contribution in [-0.2, 0) is 18.4 Å². The fourth-order valence-corrected chi connectivity index (χ4v) is 11.3. The van der Waals surface area contributed by atoms with E-state index in [-0.39, 0.29) is 19.1 Å². The molecule has 3 atom stereocenters. The second kappa shape index (κ2) is 62.0. The molecule has 8 nitrogen and oxygen atoms in total. The van der Waals surface area contributed by atoms with Crippen molar-refractivity contribution in [3.05, 3.63) is 48.6 Å². The third-order valence-electron chi connectivity index (χ3n) is 16.0. The zero-order chi connectivity index (χ0) is 58.4. The molecule has 3 N–H and O–H groups in total. The summed E-state index contributed by atoms with van der Waals surface area (Å²) in [6, 6.07) is -0.864. The lowest BCUT2D eigenvalue weighted by molar-refractivity contribution is -0.870. The number of rotatable bonds is 65. The van der Waals surface area contributed by atoms with E-state index < -0.39 is 20.0 Å². The van der Waals surface area contributed by atoms with Gasteiger partial charge in [0, 0.05) is 6.42 Å². The minimum Gasteiger partial charge on any atom is -0.387 e. The monoisotopic (exact) mass is 1150 g/mol. The molecule has 0 heterocycles. The molecule has 0 aromatic rings. The summed E-state index contributed by atoms with van der Waals surface area (Å²) in [5, 5.41) is 14.0. The Labute approximate surface area is 499 Å². The summed E-state index contributed by atoms with van der Waals surface area (Å²) in [6.07, 6.45) is 84.1. The molecule has 0 fully saturated rings. The van der Waals surface area contributed by atoms with Crippen LogP contribution in [0.15, 0.2) is 48.6 Å². The number of phosphoric acid groups is 1. The summed E-state index contributed by atoms with van der Waals surface area (Å²) in [5.41, 5.74) is 0. The largest absolute Gasteiger partial charge is 0.472 e. The van der Waals surface area contributed by atoms with Gasteiger partial charge in [0.1, 0.15) is 13.2 Å². The Bertz CT molecular complexity index is 1440. The Morgan fingerprint density at radius 1 is 0.425 bits per heavy atom. The Morgan fingerprint density at radius 2 is 0.725 bits per heavy atom. The van der Waals surface area contributed by atoms with Gasteiger partial charge in [-0.15, -0.1) is 0 Å². The molecule has 0 aliphatic heterocycles. The van der Waals surface area contributed by atoms with Crippen molar-refractivity contribution in [2.24, 2.45) is 0 Å². The van der Waals surface area contributed by atoms with E-state index in [1.807, 2.05) is 27.2 Å². The second-order valence-electron chi connectivity index (χ2n) is 25.3. The molecule has 80 heavy (non-hydrogen) atoms. The van der Waals surface area contributed by atoms with Crippen LogP contribution in [0.25, 0.3) is 0 Å². The summed E-state index contributed by atoms with van der Waals surface area (Å²) >= 11 is 0. The van der Waals surface area contributed by atoms with Crippen LogP contribution in [0.1, 0.15) is 348 Å². The maximum atomic E-state index is 13.0. The van der Waals surface area contributed by atoms with Gasteiger partial charge in [0.25, 0.3) is 0 Å². The highest BCUT2D eigenvalue weighted by molar-refractivity contribution is 7.47. The Kier molecular flexibility index (Phi) is 60.8.